The summed E-state index contributed by atoms with van der Waals surface area (Å²) in [5.41, 5.74) is 1.24. The number of nitriles is 1. The summed E-state index contributed by atoms with van der Waals surface area (Å²) in [5.74, 6) is 0.0836. The maximum Gasteiger partial charge on any atom is 0.253 e. The van der Waals surface area contributed by atoms with Gasteiger partial charge in [0.1, 0.15) is 29.0 Å². The van der Waals surface area contributed by atoms with Crippen LogP contribution >= 0.6 is 11.6 Å². The summed E-state index contributed by atoms with van der Waals surface area (Å²) in [5, 5.41) is 22.5. The summed E-state index contributed by atoms with van der Waals surface area (Å²) < 4.78 is 5.77. The quantitative estimate of drug-likeness (QED) is 0.406. The Labute approximate surface area is 187 Å². The van der Waals surface area contributed by atoms with Crippen molar-refractivity contribution >= 4 is 28.5 Å². The number of ether oxygens (including phenoxy) is 1. The number of aromatic amines is 1. The molecule has 32 heavy (non-hydrogen) atoms. The molecule has 9 nitrogen and oxygen atoms in total. The average molecular weight is 449 g/mol. The van der Waals surface area contributed by atoms with Crippen LogP contribution in [0.5, 0.6) is 11.6 Å². The first-order valence-electron chi connectivity index (χ1n) is 9.57. The molecule has 3 aromatic heterocycles. The molecule has 4 aromatic rings. The minimum atomic E-state index is -0.491. The Morgan fingerprint density at radius 1 is 1.31 bits per heavy atom. The fraction of sp³-hybridized carbons (Fsp3) is 0.136. The Balaban J connectivity index is 1.58. The molecular formula is C22H17ClN6O3. The van der Waals surface area contributed by atoms with Crippen molar-refractivity contribution in [1.29, 1.82) is 5.26 Å². The van der Waals surface area contributed by atoms with Gasteiger partial charge < -0.3 is 20.1 Å². The lowest BCUT2D eigenvalue weighted by molar-refractivity contribution is 0.302. The fourth-order valence-electron chi connectivity index (χ4n) is 3.10. The number of aromatic nitrogens is 4. The number of benzene rings is 1. The van der Waals surface area contributed by atoms with Gasteiger partial charge in [-0.3, -0.25) is 9.78 Å². The molecule has 0 aliphatic heterocycles. The molecule has 0 saturated heterocycles. The molecule has 3 heterocycles. The van der Waals surface area contributed by atoms with Crippen LogP contribution in [0.25, 0.3) is 10.9 Å². The van der Waals surface area contributed by atoms with Crippen LogP contribution in [0.3, 0.4) is 0 Å². The van der Waals surface area contributed by atoms with Crippen LogP contribution in [0, 0.1) is 11.3 Å². The normalized spacial score (nSPS) is 11.7. The van der Waals surface area contributed by atoms with E-state index in [9.17, 15) is 9.90 Å². The Hall–Kier alpha value is -4.16. The molecule has 0 unspecified atom stereocenters. The number of anilines is 1. The summed E-state index contributed by atoms with van der Waals surface area (Å²) in [7, 11) is 0. The number of H-pyrrole nitrogens is 1. The van der Waals surface area contributed by atoms with E-state index in [0.717, 1.165) is 5.69 Å². The van der Waals surface area contributed by atoms with E-state index in [-0.39, 0.29) is 23.7 Å². The number of hydrogen-bond donors (Lipinski definition) is 3. The molecule has 0 radical (unpaired) electrons. The second-order valence-electron chi connectivity index (χ2n) is 6.91. The minimum Gasteiger partial charge on any atom is -0.492 e. The third-order valence-electron chi connectivity index (χ3n) is 4.75. The number of rotatable bonds is 6. The van der Waals surface area contributed by atoms with Crippen LogP contribution in [0.2, 0.25) is 5.02 Å². The number of halogens is 1. The molecule has 0 aliphatic carbocycles. The summed E-state index contributed by atoms with van der Waals surface area (Å²) in [4.78, 5) is 27.6. The van der Waals surface area contributed by atoms with Crippen LogP contribution in [0.15, 0.2) is 53.6 Å². The zero-order valence-corrected chi connectivity index (χ0v) is 17.6. The third kappa shape index (κ3) is 4.31. The predicted molar refractivity (Wildman–Crippen MR) is 119 cm³/mol. The van der Waals surface area contributed by atoms with E-state index in [1.807, 2.05) is 18.2 Å². The van der Waals surface area contributed by atoms with Crippen molar-refractivity contribution < 1.29 is 9.84 Å². The van der Waals surface area contributed by atoms with E-state index in [2.05, 4.69) is 25.3 Å². The van der Waals surface area contributed by atoms with Crippen LogP contribution in [-0.2, 0) is 6.61 Å². The molecular weight excluding hydrogens is 432 g/mol. The minimum absolute atomic E-state index is 0.0394. The van der Waals surface area contributed by atoms with Crippen LogP contribution in [0.4, 0.5) is 5.95 Å². The Kier molecular flexibility index (Phi) is 5.87. The van der Waals surface area contributed by atoms with Gasteiger partial charge in [-0.2, -0.15) is 10.2 Å². The molecule has 0 amide bonds. The molecule has 0 aliphatic rings. The molecule has 0 spiro atoms. The fourth-order valence-corrected chi connectivity index (χ4v) is 3.37. The first kappa shape index (κ1) is 21.1. The highest BCUT2D eigenvalue weighted by molar-refractivity contribution is 6.36. The molecule has 10 heteroatoms. The topological polar surface area (TPSA) is 137 Å². The van der Waals surface area contributed by atoms with Gasteiger partial charge in [-0.1, -0.05) is 17.7 Å². The number of fused-ring (bicyclic) bond motifs is 1. The lowest BCUT2D eigenvalue weighted by Crippen LogP contribution is -2.20. The second-order valence-corrected chi connectivity index (χ2v) is 7.29. The third-order valence-corrected chi connectivity index (χ3v) is 5.13. The van der Waals surface area contributed by atoms with Crippen molar-refractivity contribution in [2.75, 3.05) is 5.32 Å². The van der Waals surface area contributed by atoms with Gasteiger partial charge in [0.2, 0.25) is 11.8 Å². The number of nitrogens with one attached hydrogen (secondary N) is 2. The maximum atomic E-state index is 12.7. The maximum absolute atomic E-state index is 12.7. The van der Waals surface area contributed by atoms with Crippen molar-refractivity contribution in [2.45, 2.75) is 19.6 Å². The molecule has 160 valence electrons. The molecule has 1 atom stereocenters. The van der Waals surface area contributed by atoms with Gasteiger partial charge in [0, 0.05) is 17.1 Å². The van der Waals surface area contributed by atoms with Gasteiger partial charge in [-0.15, -0.1) is 0 Å². The first-order chi connectivity index (χ1) is 15.5. The molecule has 0 saturated carbocycles. The summed E-state index contributed by atoms with van der Waals surface area (Å²) in [6.45, 7) is 1.99. The monoisotopic (exact) mass is 448 g/mol. The zero-order valence-electron chi connectivity index (χ0n) is 16.8. The molecule has 4 rings (SSSR count). The van der Waals surface area contributed by atoms with Crippen molar-refractivity contribution in [3.8, 4) is 17.7 Å². The van der Waals surface area contributed by atoms with Gasteiger partial charge in [0.25, 0.3) is 5.56 Å². The summed E-state index contributed by atoms with van der Waals surface area (Å²) in [6.07, 6.45) is 2.88. The van der Waals surface area contributed by atoms with Crippen molar-refractivity contribution in [3.63, 3.8) is 0 Å². The standard InChI is InChI=1S/C22H17ClN6O3/c1-12(27-22-26-10-14(9-24)20(30)29-22)16-8-13-5-6-17(18(23)19(13)28-21(16)31)32-11-15-4-2-3-7-25-15/h2-8,10,12H,11H2,1H3,(H,28,31)(H2,26,27,29,30)/t12-/m0/s1. The SMILES string of the molecule is C[C@H](Nc1ncc(C#N)c(O)n1)c1cc2ccc(OCc3ccccn3)c(Cl)c2[nH]c1=O. The highest BCUT2D eigenvalue weighted by Crippen LogP contribution is 2.32. The summed E-state index contributed by atoms with van der Waals surface area (Å²) in [6, 6.07) is 12.1. The molecule has 3 N–H and O–H groups in total. The highest BCUT2D eigenvalue weighted by Gasteiger charge is 2.16. The number of nitrogens with zero attached hydrogens (tertiary/aromatic N) is 4. The van der Waals surface area contributed by atoms with Gasteiger partial charge in [-0.25, -0.2) is 4.98 Å². The van der Waals surface area contributed by atoms with E-state index in [0.29, 0.717) is 27.2 Å². The van der Waals surface area contributed by atoms with E-state index >= 15 is 0 Å². The Bertz CT molecular complexity index is 1380. The highest BCUT2D eigenvalue weighted by atomic mass is 35.5. The van der Waals surface area contributed by atoms with Crippen molar-refractivity contribution in [2.24, 2.45) is 0 Å². The average Bonchev–Trinajstić information content (AvgIpc) is 2.79. The van der Waals surface area contributed by atoms with Crippen molar-refractivity contribution in [1.82, 2.24) is 19.9 Å². The van der Waals surface area contributed by atoms with Gasteiger partial charge >= 0.3 is 0 Å². The van der Waals surface area contributed by atoms with E-state index < -0.39 is 11.9 Å². The van der Waals surface area contributed by atoms with E-state index in [1.54, 1.807) is 37.4 Å². The van der Waals surface area contributed by atoms with Crippen molar-refractivity contribution in [3.05, 3.63) is 81.0 Å². The predicted octanol–water partition coefficient (Wildman–Crippen LogP) is 3.70. The first-order valence-corrected chi connectivity index (χ1v) is 9.95. The molecule has 0 fully saturated rings. The summed E-state index contributed by atoms with van der Waals surface area (Å²) >= 11 is 6.48. The smallest absolute Gasteiger partial charge is 0.253 e. The van der Waals surface area contributed by atoms with Crippen LogP contribution in [0.1, 0.15) is 29.8 Å². The Morgan fingerprint density at radius 2 is 2.16 bits per heavy atom. The zero-order chi connectivity index (χ0) is 22.7. The van der Waals surface area contributed by atoms with Gasteiger partial charge in [0.15, 0.2) is 0 Å². The lowest BCUT2D eigenvalue weighted by Gasteiger charge is -2.15. The van der Waals surface area contributed by atoms with Gasteiger partial charge in [-0.05, 0) is 37.3 Å². The van der Waals surface area contributed by atoms with Crippen LogP contribution < -0.4 is 15.6 Å². The van der Waals surface area contributed by atoms with E-state index in [4.69, 9.17) is 21.6 Å². The molecule has 1 aromatic carbocycles. The number of aromatic hydroxyl groups is 1. The van der Waals surface area contributed by atoms with Gasteiger partial charge in [0.05, 0.1) is 23.4 Å². The second kappa shape index (κ2) is 8.91. The number of pyridine rings is 2. The molecule has 0 bridgehead atoms. The largest absolute Gasteiger partial charge is 0.492 e. The number of hydrogen-bond acceptors (Lipinski definition) is 8. The van der Waals surface area contributed by atoms with E-state index in [1.165, 1.54) is 6.20 Å². The Morgan fingerprint density at radius 3 is 2.88 bits per heavy atom. The van der Waals surface area contributed by atoms with Crippen LogP contribution in [-0.4, -0.2) is 25.0 Å². The lowest BCUT2D eigenvalue weighted by atomic mass is 10.1.